The van der Waals surface area contributed by atoms with Crippen LogP contribution in [0.3, 0.4) is 0 Å². The monoisotopic (exact) mass is 357 g/mol. The van der Waals surface area contributed by atoms with Crippen LogP contribution >= 0.6 is 12.2 Å². The Balaban J connectivity index is 0.00000180. The summed E-state index contributed by atoms with van der Waals surface area (Å²) in [6.07, 6.45) is 0. The van der Waals surface area contributed by atoms with Crippen molar-refractivity contribution >= 4 is 29.2 Å². The first kappa shape index (κ1) is 17.4. The molecule has 0 unspecified atom stereocenters. The van der Waals surface area contributed by atoms with Gasteiger partial charge in [0.15, 0.2) is 0 Å². The Labute approximate surface area is 174 Å². The molecule has 19 heavy (non-hydrogen) atoms. The third-order valence-electron chi connectivity index (χ3n) is 2.69. The summed E-state index contributed by atoms with van der Waals surface area (Å²) in [6.45, 7) is 1.52. The van der Waals surface area contributed by atoms with Gasteiger partial charge in [0.1, 0.15) is 0 Å². The zero-order valence-corrected chi connectivity index (χ0v) is 17.5. The molecule has 0 aliphatic carbocycles. The standard InChI is InChI=1S/C15H15NS2.Rb/c17-15(18)16(11-13-7-3-1-4-8-13)12-14-9-5-2-6-10-14;/h1-10H,11-12H2,(H,17,18);/q;+1/p-1. The summed E-state index contributed by atoms with van der Waals surface area (Å²) in [6, 6.07) is 20.5. The van der Waals surface area contributed by atoms with Crippen molar-refractivity contribution < 1.29 is 58.2 Å². The van der Waals surface area contributed by atoms with Gasteiger partial charge in [-0.2, -0.15) is 0 Å². The fourth-order valence-electron chi connectivity index (χ4n) is 1.79. The normalized spacial score (nSPS) is 9.47. The van der Waals surface area contributed by atoms with Crippen molar-refractivity contribution in [1.29, 1.82) is 0 Å². The van der Waals surface area contributed by atoms with Gasteiger partial charge in [0.25, 0.3) is 0 Å². The quantitative estimate of drug-likeness (QED) is 0.580. The van der Waals surface area contributed by atoms with Gasteiger partial charge in [-0.25, -0.2) is 0 Å². The molecule has 0 N–H and O–H groups in total. The van der Waals surface area contributed by atoms with Gasteiger partial charge in [0.2, 0.25) is 0 Å². The largest absolute Gasteiger partial charge is 1.00 e. The molecular formula is C15H14NRbS2. The van der Waals surface area contributed by atoms with Gasteiger partial charge < -0.3 is 29.7 Å². The van der Waals surface area contributed by atoms with Crippen LogP contribution in [-0.4, -0.2) is 9.22 Å². The maximum Gasteiger partial charge on any atom is 1.00 e. The van der Waals surface area contributed by atoms with E-state index in [9.17, 15) is 0 Å². The van der Waals surface area contributed by atoms with Crippen LogP contribution in [0.1, 0.15) is 11.1 Å². The molecule has 0 heterocycles. The van der Waals surface area contributed by atoms with Crippen LogP contribution < -0.4 is 58.2 Å². The summed E-state index contributed by atoms with van der Waals surface area (Å²) in [5.41, 5.74) is 2.45. The smallest absolute Gasteiger partial charge is 0.411 e. The molecule has 2 aromatic carbocycles. The first-order valence-corrected chi connectivity index (χ1v) is 6.61. The summed E-state index contributed by atoms with van der Waals surface area (Å²) < 4.78 is 0.516. The van der Waals surface area contributed by atoms with Gasteiger partial charge >= 0.3 is 58.2 Å². The maximum atomic E-state index is 5.16. The van der Waals surface area contributed by atoms with Crippen molar-refractivity contribution in [2.75, 3.05) is 0 Å². The van der Waals surface area contributed by atoms with Crippen molar-refractivity contribution in [3.05, 3.63) is 71.8 Å². The van der Waals surface area contributed by atoms with E-state index < -0.39 is 0 Å². The van der Waals surface area contributed by atoms with E-state index in [0.717, 1.165) is 13.1 Å². The molecule has 0 spiro atoms. The second kappa shape index (κ2) is 9.32. The molecule has 2 aromatic rings. The van der Waals surface area contributed by atoms with Crippen LogP contribution in [-0.2, 0) is 25.7 Å². The average molecular weight is 358 g/mol. The predicted molar refractivity (Wildman–Crippen MR) is 82.1 cm³/mol. The van der Waals surface area contributed by atoms with Crippen molar-refractivity contribution in [1.82, 2.24) is 4.90 Å². The molecule has 0 amide bonds. The average Bonchev–Trinajstić information content (AvgIpc) is 2.40. The first-order valence-electron chi connectivity index (χ1n) is 5.79. The Hall–Kier alpha value is 0.355. The minimum atomic E-state index is 0. The molecule has 2 rings (SSSR count). The first-order chi connectivity index (χ1) is 8.75. The van der Waals surface area contributed by atoms with Crippen LogP contribution in [0.2, 0.25) is 0 Å². The molecule has 0 fully saturated rings. The van der Waals surface area contributed by atoms with Gasteiger partial charge in [-0.15, -0.1) is 0 Å². The van der Waals surface area contributed by atoms with Gasteiger partial charge in [-0.3, -0.25) is 0 Å². The second-order valence-electron chi connectivity index (χ2n) is 4.09. The number of hydrogen-bond donors (Lipinski definition) is 0. The Bertz CT molecular complexity index is 461. The van der Waals surface area contributed by atoms with E-state index in [-0.39, 0.29) is 58.2 Å². The Morgan fingerprint density at radius 2 is 1.21 bits per heavy atom. The van der Waals surface area contributed by atoms with Crippen LogP contribution in [0.15, 0.2) is 60.7 Å². The second-order valence-corrected chi connectivity index (χ2v) is 5.12. The van der Waals surface area contributed by atoms with Crippen molar-refractivity contribution in [2.45, 2.75) is 13.1 Å². The maximum absolute atomic E-state index is 5.16. The Kier molecular flexibility index (Phi) is 8.54. The van der Waals surface area contributed by atoms with Gasteiger partial charge in [-0.05, 0) is 11.1 Å². The summed E-state index contributed by atoms with van der Waals surface area (Å²) in [5.74, 6) is 0. The fraction of sp³-hybridized carbons (Fsp3) is 0.133. The third-order valence-corrected chi connectivity index (χ3v) is 3.21. The molecule has 0 atom stereocenters. The van der Waals surface area contributed by atoms with Crippen LogP contribution in [0.5, 0.6) is 0 Å². The minimum absolute atomic E-state index is 0. The van der Waals surface area contributed by atoms with E-state index in [1.54, 1.807) is 0 Å². The topological polar surface area (TPSA) is 3.24 Å². The van der Waals surface area contributed by atoms with Crippen LogP contribution in [0.4, 0.5) is 0 Å². The number of benzene rings is 2. The van der Waals surface area contributed by atoms with Crippen LogP contribution in [0, 0.1) is 0 Å². The zero-order valence-electron chi connectivity index (χ0n) is 11.0. The molecule has 92 valence electrons. The van der Waals surface area contributed by atoms with Crippen LogP contribution in [0.25, 0.3) is 0 Å². The molecule has 1 nitrogen and oxygen atoms in total. The number of thiocarbonyl (C=S) groups is 1. The van der Waals surface area contributed by atoms with E-state index in [4.69, 9.17) is 24.8 Å². The van der Waals surface area contributed by atoms with Crippen molar-refractivity contribution in [3.63, 3.8) is 0 Å². The summed E-state index contributed by atoms with van der Waals surface area (Å²) in [4.78, 5) is 2.04. The molecule has 0 aromatic heterocycles. The van der Waals surface area contributed by atoms with E-state index >= 15 is 0 Å². The SMILES string of the molecule is S=C([S-])N(Cc1ccccc1)Cc1ccccc1.[Rb+]. The van der Waals surface area contributed by atoms with Gasteiger partial charge in [0, 0.05) is 13.1 Å². The third kappa shape index (κ3) is 6.11. The molecule has 0 saturated heterocycles. The number of nitrogens with zero attached hydrogens (tertiary/aromatic N) is 1. The van der Waals surface area contributed by atoms with E-state index in [1.807, 2.05) is 41.3 Å². The van der Waals surface area contributed by atoms with Crippen molar-refractivity contribution in [2.24, 2.45) is 0 Å². The van der Waals surface area contributed by atoms with Gasteiger partial charge in [0.05, 0.1) is 0 Å². The number of rotatable bonds is 4. The van der Waals surface area contributed by atoms with Gasteiger partial charge in [-0.1, -0.05) is 65.0 Å². The minimum Gasteiger partial charge on any atom is -0.411 e. The predicted octanol–water partition coefficient (Wildman–Crippen LogP) is 0.525. The van der Waals surface area contributed by atoms with Crippen molar-refractivity contribution in [3.8, 4) is 0 Å². The van der Waals surface area contributed by atoms with E-state index in [0.29, 0.717) is 4.32 Å². The fourth-order valence-corrected chi connectivity index (χ4v) is 2.05. The molecule has 4 heteroatoms. The zero-order chi connectivity index (χ0) is 12.8. The molecule has 0 bridgehead atoms. The summed E-state index contributed by atoms with van der Waals surface area (Å²) in [5, 5.41) is 0. The molecular weight excluding hydrogens is 344 g/mol. The number of hydrogen-bond acceptors (Lipinski definition) is 2. The summed E-state index contributed by atoms with van der Waals surface area (Å²) >= 11 is 10.3. The van der Waals surface area contributed by atoms with E-state index in [1.165, 1.54) is 11.1 Å². The van der Waals surface area contributed by atoms with E-state index in [2.05, 4.69) is 24.3 Å². The Morgan fingerprint density at radius 3 is 1.53 bits per heavy atom. The molecule has 0 aliphatic heterocycles. The molecule has 0 aliphatic rings. The molecule has 0 radical (unpaired) electrons. The Morgan fingerprint density at radius 1 is 0.842 bits per heavy atom. The summed E-state index contributed by atoms with van der Waals surface area (Å²) in [7, 11) is 0. The molecule has 0 saturated carbocycles.